The average Bonchev–Trinajstić information content (AvgIpc) is 3.14. The second kappa shape index (κ2) is 7.21. The molecular formula is C22H32N4O2. The maximum Gasteiger partial charge on any atom is 0.270 e. The molecule has 4 fully saturated rings. The van der Waals surface area contributed by atoms with Gasteiger partial charge in [0, 0.05) is 64.5 Å². The molecule has 0 radical (unpaired) electrons. The summed E-state index contributed by atoms with van der Waals surface area (Å²) in [6.45, 7) is 4.95. The highest BCUT2D eigenvalue weighted by Gasteiger charge is 2.45. The summed E-state index contributed by atoms with van der Waals surface area (Å²) in [5, 5.41) is 0. The number of nitrogens with zero attached hydrogens (tertiary/aromatic N) is 4. The van der Waals surface area contributed by atoms with Crippen LogP contribution in [-0.4, -0.2) is 75.9 Å². The summed E-state index contributed by atoms with van der Waals surface area (Å²) >= 11 is 0. The molecule has 0 N–H and O–H groups in total. The molecule has 28 heavy (non-hydrogen) atoms. The number of amides is 2. The van der Waals surface area contributed by atoms with Gasteiger partial charge in [0.2, 0.25) is 5.91 Å². The van der Waals surface area contributed by atoms with Crippen molar-refractivity contribution in [2.75, 3.05) is 32.7 Å². The largest absolute Gasteiger partial charge is 0.347 e. The van der Waals surface area contributed by atoms with Gasteiger partial charge in [0.1, 0.15) is 5.69 Å². The van der Waals surface area contributed by atoms with Crippen LogP contribution in [0.25, 0.3) is 0 Å². The Bertz CT molecular complexity index is 751. The molecule has 0 aromatic carbocycles. The van der Waals surface area contributed by atoms with Crippen molar-refractivity contribution in [3.8, 4) is 0 Å². The molecule has 1 aromatic rings. The molecule has 152 valence electrons. The van der Waals surface area contributed by atoms with Crippen LogP contribution in [0.2, 0.25) is 0 Å². The number of carbonyl (C=O) groups excluding carboxylic acids is 2. The Morgan fingerprint density at radius 1 is 1.11 bits per heavy atom. The molecule has 6 heteroatoms. The highest BCUT2D eigenvalue weighted by Crippen LogP contribution is 2.39. The SMILES string of the molecule is Cn1cccc1C(=O)N1CCC(N2CC3CC(C2)[C@H]2CCCC(=O)N2C3)CC1. The van der Waals surface area contributed by atoms with Crippen LogP contribution in [-0.2, 0) is 11.8 Å². The summed E-state index contributed by atoms with van der Waals surface area (Å²) in [7, 11) is 1.94. The maximum atomic E-state index is 12.8. The van der Waals surface area contributed by atoms with Crippen LogP contribution in [0.5, 0.6) is 0 Å². The fourth-order valence-corrected chi connectivity index (χ4v) is 6.23. The fourth-order valence-electron chi connectivity index (χ4n) is 6.23. The molecule has 2 unspecified atom stereocenters. The smallest absolute Gasteiger partial charge is 0.270 e. The predicted octanol–water partition coefficient (Wildman–Crippen LogP) is 1.96. The third-order valence-electron chi connectivity index (χ3n) is 7.64. The zero-order valence-electron chi connectivity index (χ0n) is 16.9. The van der Waals surface area contributed by atoms with E-state index in [0.29, 0.717) is 29.8 Å². The van der Waals surface area contributed by atoms with Gasteiger partial charge in [0.15, 0.2) is 0 Å². The van der Waals surface area contributed by atoms with E-state index in [1.54, 1.807) is 0 Å². The molecule has 5 rings (SSSR count). The predicted molar refractivity (Wildman–Crippen MR) is 107 cm³/mol. The number of hydrogen-bond acceptors (Lipinski definition) is 3. The van der Waals surface area contributed by atoms with Gasteiger partial charge in [-0.25, -0.2) is 0 Å². The van der Waals surface area contributed by atoms with E-state index in [2.05, 4.69) is 9.80 Å². The van der Waals surface area contributed by atoms with Crippen molar-refractivity contribution in [1.82, 2.24) is 19.3 Å². The van der Waals surface area contributed by atoms with E-state index in [1.807, 2.05) is 34.8 Å². The Morgan fingerprint density at radius 2 is 1.93 bits per heavy atom. The lowest BCUT2D eigenvalue weighted by Gasteiger charge is -2.54. The molecule has 4 aliphatic rings. The van der Waals surface area contributed by atoms with E-state index in [4.69, 9.17) is 0 Å². The van der Waals surface area contributed by atoms with Crippen LogP contribution in [0, 0.1) is 11.8 Å². The summed E-state index contributed by atoms with van der Waals surface area (Å²) in [6.07, 6.45) is 8.40. The third kappa shape index (κ3) is 3.15. The van der Waals surface area contributed by atoms with Crippen molar-refractivity contribution in [2.45, 2.75) is 50.6 Å². The molecule has 0 saturated carbocycles. The molecule has 0 aliphatic carbocycles. The molecule has 3 atom stereocenters. The van der Waals surface area contributed by atoms with Crippen molar-refractivity contribution in [2.24, 2.45) is 18.9 Å². The van der Waals surface area contributed by atoms with Crippen molar-refractivity contribution < 1.29 is 9.59 Å². The first-order valence-corrected chi connectivity index (χ1v) is 11.0. The Balaban J connectivity index is 1.20. The van der Waals surface area contributed by atoms with Crippen LogP contribution in [0.4, 0.5) is 0 Å². The van der Waals surface area contributed by atoms with E-state index < -0.39 is 0 Å². The maximum absolute atomic E-state index is 12.8. The van der Waals surface area contributed by atoms with Crippen molar-refractivity contribution in [1.29, 1.82) is 0 Å². The number of rotatable bonds is 2. The zero-order valence-corrected chi connectivity index (χ0v) is 16.9. The third-order valence-corrected chi connectivity index (χ3v) is 7.64. The van der Waals surface area contributed by atoms with Crippen LogP contribution >= 0.6 is 0 Å². The molecule has 4 aliphatic heterocycles. The van der Waals surface area contributed by atoms with E-state index in [0.717, 1.165) is 64.1 Å². The minimum Gasteiger partial charge on any atom is -0.347 e. The average molecular weight is 385 g/mol. The number of carbonyl (C=O) groups is 2. The second-order valence-corrected chi connectivity index (χ2v) is 9.35. The first kappa shape index (κ1) is 18.2. The second-order valence-electron chi connectivity index (χ2n) is 9.35. The summed E-state index contributed by atoms with van der Waals surface area (Å²) < 4.78 is 1.91. The minimum atomic E-state index is 0.165. The van der Waals surface area contributed by atoms with Crippen molar-refractivity contribution in [3.05, 3.63) is 24.0 Å². The summed E-state index contributed by atoms with van der Waals surface area (Å²) in [6, 6.07) is 4.93. The van der Waals surface area contributed by atoms with Gasteiger partial charge in [0.25, 0.3) is 5.91 Å². The lowest BCUT2D eigenvalue weighted by molar-refractivity contribution is -0.145. The normalized spacial score (nSPS) is 31.8. The molecule has 2 amide bonds. The monoisotopic (exact) mass is 384 g/mol. The van der Waals surface area contributed by atoms with Gasteiger partial charge in [-0.3, -0.25) is 14.5 Å². The molecule has 5 heterocycles. The van der Waals surface area contributed by atoms with Gasteiger partial charge < -0.3 is 14.4 Å². The molecular weight excluding hydrogens is 352 g/mol. The lowest BCUT2D eigenvalue weighted by atomic mass is 9.75. The first-order chi connectivity index (χ1) is 13.6. The van der Waals surface area contributed by atoms with E-state index in [-0.39, 0.29) is 5.91 Å². The molecule has 4 saturated heterocycles. The Hall–Kier alpha value is -1.82. The van der Waals surface area contributed by atoms with Gasteiger partial charge in [-0.1, -0.05) is 0 Å². The van der Waals surface area contributed by atoms with Gasteiger partial charge in [-0.15, -0.1) is 0 Å². The lowest BCUT2D eigenvalue weighted by Crippen LogP contribution is -2.62. The Morgan fingerprint density at radius 3 is 2.68 bits per heavy atom. The van der Waals surface area contributed by atoms with Gasteiger partial charge >= 0.3 is 0 Å². The molecule has 1 aromatic heterocycles. The molecule has 6 nitrogen and oxygen atoms in total. The fraction of sp³-hybridized carbons (Fsp3) is 0.727. The highest BCUT2D eigenvalue weighted by molar-refractivity contribution is 5.92. The first-order valence-electron chi connectivity index (χ1n) is 11.0. The summed E-state index contributed by atoms with van der Waals surface area (Å²) in [5.74, 6) is 1.85. The molecule has 0 spiro atoms. The van der Waals surface area contributed by atoms with E-state index >= 15 is 0 Å². The van der Waals surface area contributed by atoms with Crippen LogP contribution < -0.4 is 0 Å². The number of aryl methyl sites for hydroxylation is 1. The van der Waals surface area contributed by atoms with Crippen LogP contribution in [0.3, 0.4) is 0 Å². The summed E-state index contributed by atoms with van der Waals surface area (Å²) in [4.78, 5) is 32.1. The quantitative estimate of drug-likeness (QED) is 0.783. The highest BCUT2D eigenvalue weighted by atomic mass is 16.2. The summed E-state index contributed by atoms with van der Waals surface area (Å²) in [5.41, 5.74) is 0.785. The number of piperidine rings is 4. The van der Waals surface area contributed by atoms with E-state index in [1.165, 1.54) is 12.8 Å². The van der Waals surface area contributed by atoms with Gasteiger partial charge in [0.05, 0.1) is 0 Å². The number of aromatic nitrogens is 1. The minimum absolute atomic E-state index is 0.165. The number of fused-ring (bicyclic) bond motifs is 4. The van der Waals surface area contributed by atoms with Crippen molar-refractivity contribution in [3.63, 3.8) is 0 Å². The van der Waals surface area contributed by atoms with Crippen LogP contribution in [0.1, 0.15) is 49.0 Å². The van der Waals surface area contributed by atoms with E-state index in [9.17, 15) is 9.59 Å². The standard InChI is InChI=1S/C22H32N4O2/c1-23-9-3-5-20(23)22(28)24-10-7-18(8-11-24)25-13-16-12-17(15-25)19-4-2-6-21(27)26(19)14-16/h3,5,9,16-19H,2,4,6-8,10-15H2,1H3/t16?,17?,19-/m1/s1. The van der Waals surface area contributed by atoms with Gasteiger partial charge in [-0.2, -0.15) is 0 Å². The molecule has 2 bridgehead atoms. The Labute approximate surface area is 167 Å². The van der Waals surface area contributed by atoms with Gasteiger partial charge in [-0.05, 0) is 56.1 Å². The number of hydrogen-bond donors (Lipinski definition) is 0. The van der Waals surface area contributed by atoms with Crippen LogP contribution in [0.15, 0.2) is 18.3 Å². The topological polar surface area (TPSA) is 48.8 Å². The zero-order chi connectivity index (χ0) is 19.3. The Kier molecular flexibility index (Phi) is 4.69. The number of likely N-dealkylation sites (tertiary alicyclic amines) is 2. The van der Waals surface area contributed by atoms with Crippen molar-refractivity contribution >= 4 is 11.8 Å².